The highest BCUT2D eigenvalue weighted by Crippen LogP contribution is 2.31. The van der Waals surface area contributed by atoms with Gasteiger partial charge in [0, 0.05) is 25.4 Å². The summed E-state index contributed by atoms with van der Waals surface area (Å²) in [6.07, 6.45) is 7.79. The van der Waals surface area contributed by atoms with Crippen molar-refractivity contribution in [1.82, 2.24) is 19.9 Å². The van der Waals surface area contributed by atoms with E-state index in [9.17, 15) is 0 Å². The van der Waals surface area contributed by atoms with Gasteiger partial charge in [-0.15, -0.1) is 0 Å². The lowest BCUT2D eigenvalue weighted by molar-refractivity contribution is 0.314. The molecule has 0 saturated carbocycles. The lowest BCUT2D eigenvalue weighted by atomic mass is 9.88. The molecule has 100 valence electrons. The standard InChI is InChI=1S/C15H20N4/c1-3-15(2)14-13(6-8-18-15)17-11-19(14)10-12-5-4-7-16-9-12/h4-5,7,9,11,18H,3,6,8,10H2,1-2H3. The molecule has 1 aliphatic rings. The maximum Gasteiger partial charge on any atom is 0.0955 e. The average Bonchev–Trinajstić information content (AvgIpc) is 2.85. The molecule has 3 rings (SSSR count). The third kappa shape index (κ3) is 2.16. The number of rotatable bonds is 3. The van der Waals surface area contributed by atoms with Gasteiger partial charge in [-0.1, -0.05) is 13.0 Å². The minimum Gasteiger partial charge on any atom is -0.328 e. The molecule has 4 heteroatoms. The molecule has 0 radical (unpaired) electrons. The molecule has 0 bridgehead atoms. The fourth-order valence-corrected chi connectivity index (χ4v) is 2.88. The second-order valence-corrected chi connectivity index (χ2v) is 5.39. The molecule has 2 aromatic heterocycles. The van der Waals surface area contributed by atoms with E-state index in [1.807, 2.05) is 24.8 Å². The number of nitrogens with one attached hydrogen (secondary N) is 1. The van der Waals surface area contributed by atoms with Gasteiger partial charge in [-0.25, -0.2) is 4.98 Å². The third-order valence-electron chi connectivity index (χ3n) is 4.10. The van der Waals surface area contributed by atoms with Crippen LogP contribution in [-0.4, -0.2) is 21.1 Å². The van der Waals surface area contributed by atoms with Crippen LogP contribution in [0.1, 0.15) is 37.2 Å². The number of nitrogens with zero attached hydrogens (tertiary/aromatic N) is 3. The van der Waals surface area contributed by atoms with Gasteiger partial charge in [0.25, 0.3) is 0 Å². The van der Waals surface area contributed by atoms with Crippen LogP contribution in [0.25, 0.3) is 0 Å². The predicted molar refractivity (Wildman–Crippen MR) is 74.9 cm³/mol. The number of aromatic nitrogens is 3. The van der Waals surface area contributed by atoms with Gasteiger partial charge < -0.3 is 9.88 Å². The number of fused-ring (bicyclic) bond motifs is 1. The quantitative estimate of drug-likeness (QED) is 0.914. The summed E-state index contributed by atoms with van der Waals surface area (Å²) in [5.41, 5.74) is 3.83. The van der Waals surface area contributed by atoms with Gasteiger partial charge in [-0.3, -0.25) is 4.98 Å². The van der Waals surface area contributed by atoms with Crippen molar-refractivity contribution in [3.05, 3.63) is 47.8 Å². The van der Waals surface area contributed by atoms with Crippen molar-refractivity contribution in [3.8, 4) is 0 Å². The summed E-state index contributed by atoms with van der Waals surface area (Å²) in [6.45, 7) is 6.35. The van der Waals surface area contributed by atoms with Gasteiger partial charge in [-0.2, -0.15) is 0 Å². The molecule has 3 heterocycles. The highest BCUT2D eigenvalue weighted by atomic mass is 15.1. The molecular weight excluding hydrogens is 236 g/mol. The Morgan fingerprint density at radius 1 is 1.47 bits per heavy atom. The first-order valence-corrected chi connectivity index (χ1v) is 6.91. The number of pyridine rings is 1. The van der Waals surface area contributed by atoms with E-state index in [0.29, 0.717) is 0 Å². The summed E-state index contributed by atoms with van der Waals surface area (Å²) in [4.78, 5) is 8.78. The molecule has 0 fully saturated rings. The second-order valence-electron chi connectivity index (χ2n) is 5.39. The maximum absolute atomic E-state index is 4.60. The van der Waals surface area contributed by atoms with Crippen LogP contribution < -0.4 is 5.32 Å². The first-order valence-electron chi connectivity index (χ1n) is 6.91. The van der Waals surface area contributed by atoms with Gasteiger partial charge in [0.2, 0.25) is 0 Å². The summed E-state index contributed by atoms with van der Waals surface area (Å²) in [7, 11) is 0. The minimum atomic E-state index is 0.0340. The SMILES string of the molecule is CCC1(C)NCCc2ncn(Cc3cccnc3)c21. The summed E-state index contributed by atoms with van der Waals surface area (Å²) in [5.74, 6) is 0. The molecule has 0 saturated heterocycles. The molecule has 0 spiro atoms. The molecule has 1 unspecified atom stereocenters. The Hall–Kier alpha value is -1.68. The molecule has 4 nitrogen and oxygen atoms in total. The minimum absolute atomic E-state index is 0.0340. The van der Waals surface area contributed by atoms with E-state index in [4.69, 9.17) is 0 Å². The Kier molecular flexibility index (Phi) is 3.11. The van der Waals surface area contributed by atoms with Crippen molar-refractivity contribution in [2.75, 3.05) is 6.54 Å². The number of imidazole rings is 1. The zero-order valence-corrected chi connectivity index (χ0v) is 11.6. The van der Waals surface area contributed by atoms with Gasteiger partial charge in [-0.05, 0) is 25.0 Å². The maximum atomic E-state index is 4.60. The van der Waals surface area contributed by atoms with E-state index in [-0.39, 0.29) is 5.54 Å². The molecule has 1 N–H and O–H groups in total. The molecule has 19 heavy (non-hydrogen) atoms. The van der Waals surface area contributed by atoms with Crippen LogP contribution in [0.2, 0.25) is 0 Å². The molecule has 0 aliphatic carbocycles. The van der Waals surface area contributed by atoms with Crippen LogP contribution in [0.3, 0.4) is 0 Å². The summed E-state index contributed by atoms with van der Waals surface area (Å²) < 4.78 is 2.27. The van der Waals surface area contributed by atoms with Crippen LogP contribution in [0.15, 0.2) is 30.9 Å². The topological polar surface area (TPSA) is 42.7 Å². The Morgan fingerprint density at radius 2 is 2.37 bits per heavy atom. The Bertz CT molecular complexity index is 561. The number of hydrogen-bond acceptors (Lipinski definition) is 3. The van der Waals surface area contributed by atoms with E-state index in [1.54, 1.807) is 0 Å². The Morgan fingerprint density at radius 3 is 3.11 bits per heavy atom. The monoisotopic (exact) mass is 256 g/mol. The summed E-state index contributed by atoms with van der Waals surface area (Å²) in [6, 6.07) is 4.09. The van der Waals surface area contributed by atoms with E-state index in [2.05, 4.69) is 39.8 Å². The number of hydrogen-bond donors (Lipinski definition) is 1. The fraction of sp³-hybridized carbons (Fsp3) is 0.467. The Labute approximate surface area is 113 Å². The van der Waals surface area contributed by atoms with Crippen molar-refractivity contribution in [1.29, 1.82) is 0 Å². The smallest absolute Gasteiger partial charge is 0.0955 e. The van der Waals surface area contributed by atoms with Crippen molar-refractivity contribution < 1.29 is 0 Å². The van der Waals surface area contributed by atoms with Crippen molar-refractivity contribution in [2.45, 2.75) is 38.8 Å². The normalized spacial score (nSPS) is 22.2. The van der Waals surface area contributed by atoms with Crippen molar-refractivity contribution >= 4 is 0 Å². The van der Waals surface area contributed by atoms with Crippen molar-refractivity contribution in [2.24, 2.45) is 0 Å². The van der Waals surface area contributed by atoms with E-state index >= 15 is 0 Å². The summed E-state index contributed by atoms with van der Waals surface area (Å²) in [5, 5.41) is 3.64. The lowest BCUT2D eigenvalue weighted by Crippen LogP contribution is -2.45. The average molecular weight is 256 g/mol. The fourth-order valence-electron chi connectivity index (χ4n) is 2.88. The van der Waals surface area contributed by atoms with Gasteiger partial charge in [0.15, 0.2) is 0 Å². The first kappa shape index (κ1) is 12.4. The zero-order valence-electron chi connectivity index (χ0n) is 11.6. The largest absolute Gasteiger partial charge is 0.328 e. The van der Waals surface area contributed by atoms with Crippen LogP contribution in [0, 0.1) is 0 Å². The van der Waals surface area contributed by atoms with Gasteiger partial charge in [0.1, 0.15) is 0 Å². The molecule has 1 atom stereocenters. The van der Waals surface area contributed by atoms with Crippen LogP contribution in [-0.2, 0) is 18.5 Å². The molecule has 2 aromatic rings. The second kappa shape index (κ2) is 4.78. The highest BCUT2D eigenvalue weighted by molar-refractivity contribution is 5.27. The van der Waals surface area contributed by atoms with E-state index in [0.717, 1.165) is 25.9 Å². The van der Waals surface area contributed by atoms with Crippen LogP contribution >= 0.6 is 0 Å². The Balaban J connectivity index is 1.98. The van der Waals surface area contributed by atoms with Crippen molar-refractivity contribution in [3.63, 3.8) is 0 Å². The van der Waals surface area contributed by atoms with Gasteiger partial charge >= 0.3 is 0 Å². The van der Waals surface area contributed by atoms with Crippen LogP contribution in [0.4, 0.5) is 0 Å². The van der Waals surface area contributed by atoms with Crippen LogP contribution in [0.5, 0.6) is 0 Å². The molecular formula is C15H20N4. The third-order valence-corrected chi connectivity index (χ3v) is 4.10. The van der Waals surface area contributed by atoms with E-state index < -0.39 is 0 Å². The lowest BCUT2D eigenvalue weighted by Gasteiger charge is -2.35. The van der Waals surface area contributed by atoms with E-state index in [1.165, 1.54) is 17.0 Å². The molecule has 0 aromatic carbocycles. The molecule has 1 aliphatic heterocycles. The molecule has 0 amide bonds. The zero-order chi connectivity index (χ0) is 13.3. The first-order chi connectivity index (χ1) is 9.23. The predicted octanol–water partition coefficient (Wildman–Crippen LogP) is 2.10. The van der Waals surface area contributed by atoms with Gasteiger partial charge in [0.05, 0.1) is 29.8 Å². The summed E-state index contributed by atoms with van der Waals surface area (Å²) >= 11 is 0. The highest BCUT2D eigenvalue weighted by Gasteiger charge is 2.33.